The van der Waals surface area contributed by atoms with Crippen LogP contribution in [0.4, 0.5) is 5.69 Å². The van der Waals surface area contributed by atoms with Crippen molar-refractivity contribution in [2.45, 2.75) is 16.7 Å². The number of rotatable bonds is 5. The molecular weight excluding hydrogens is 290 g/mol. The molecule has 0 spiro atoms. The van der Waals surface area contributed by atoms with Crippen molar-refractivity contribution in [3.63, 3.8) is 0 Å². The zero-order valence-corrected chi connectivity index (χ0v) is 12.3. The summed E-state index contributed by atoms with van der Waals surface area (Å²) in [4.78, 5) is 23.6. The molecule has 0 aliphatic heterocycles. The number of carbonyl (C=O) groups is 1. The molecule has 0 fully saturated rings. The fourth-order valence-electron chi connectivity index (χ4n) is 1.88. The van der Waals surface area contributed by atoms with E-state index in [1.807, 2.05) is 6.07 Å². The van der Waals surface area contributed by atoms with Crippen molar-refractivity contribution in [2.24, 2.45) is 0 Å². The fourth-order valence-corrected chi connectivity index (χ4v) is 2.90. The van der Waals surface area contributed by atoms with Crippen LogP contribution in [-0.4, -0.2) is 17.8 Å². The largest absolute Gasteiger partial charge is 0.496 e. The Kier molecular flexibility index (Phi) is 4.59. The van der Waals surface area contributed by atoms with E-state index in [-0.39, 0.29) is 11.5 Å². The Balaban J connectivity index is 2.35. The second-order valence-corrected chi connectivity index (χ2v) is 5.36. The average molecular weight is 303 g/mol. The van der Waals surface area contributed by atoms with Crippen LogP contribution >= 0.6 is 11.8 Å². The summed E-state index contributed by atoms with van der Waals surface area (Å²) in [6, 6.07) is 11.6. The normalized spacial score (nSPS) is 10.2. The monoisotopic (exact) mass is 303 g/mol. The predicted molar refractivity (Wildman–Crippen MR) is 80.2 cm³/mol. The molecule has 0 N–H and O–H groups in total. The first-order valence-corrected chi connectivity index (χ1v) is 6.95. The predicted octanol–water partition coefficient (Wildman–Crippen LogP) is 3.96. The van der Waals surface area contributed by atoms with Gasteiger partial charge in [0.1, 0.15) is 5.75 Å². The van der Waals surface area contributed by atoms with Crippen LogP contribution in [0.5, 0.6) is 5.75 Å². The fraction of sp³-hybridized carbons (Fsp3) is 0.133. The maximum Gasteiger partial charge on any atom is 0.269 e. The van der Waals surface area contributed by atoms with Gasteiger partial charge in [-0.15, -0.1) is 0 Å². The molecular formula is C15H13NO4S. The molecule has 108 valence electrons. The molecule has 2 aromatic rings. The second kappa shape index (κ2) is 6.41. The number of hydrogen-bond donors (Lipinski definition) is 0. The highest BCUT2D eigenvalue weighted by molar-refractivity contribution is 7.99. The summed E-state index contributed by atoms with van der Waals surface area (Å²) >= 11 is 1.37. The number of nitro benzene ring substituents is 1. The third-order valence-electron chi connectivity index (χ3n) is 2.84. The van der Waals surface area contributed by atoms with Crippen molar-refractivity contribution < 1.29 is 14.5 Å². The lowest BCUT2D eigenvalue weighted by Gasteiger charge is -2.11. The minimum absolute atomic E-state index is 0.0387. The van der Waals surface area contributed by atoms with Gasteiger partial charge in [0, 0.05) is 21.9 Å². The van der Waals surface area contributed by atoms with Crippen molar-refractivity contribution in [2.75, 3.05) is 7.11 Å². The van der Waals surface area contributed by atoms with Gasteiger partial charge in [-0.1, -0.05) is 17.8 Å². The van der Waals surface area contributed by atoms with E-state index in [1.54, 1.807) is 24.3 Å². The van der Waals surface area contributed by atoms with Gasteiger partial charge in [-0.2, -0.15) is 0 Å². The van der Waals surface area contributed by atoms with Gasteiger partial charge < -0.3 is 4.74 Å². The van der Waals surface area contributed by atoms with E-state index in [0.717, 1.165) is 9.79 Å². The zero-order valence-electron chi connectivity index (χ0n) is 11.5. The van der Waals surface area contributed by atoms with Gasteiger partial charge in [-0.05, 0) is 31.2 Å². The van der Waals surface area contributed by atoms with Crippen molar-refractivity contribution in [3.05, 3.63) is 58.1 Å². The highest BCUT2D eigenvalue weighted by Gasteiger charge is 2.15. The van der Waals surface area contributed by atoms with E-state index in [9.17, 15) is 14.9 Å². The van der Waals surface area contributed by atoms with Gasteiger partial charge in [0.05, 0.1) is 17.6 Å². The van der Waals surface area contributed by atoms with E-state index < -0.39 is 4.92 Å². The van der Waals surface area contributed by atoms with Crippen LogP contribution < -0.4 is 4.74 Å². The SMILES string of the molecule is COc1cccc(Sc2ccc([N+](=O)[O-])cc2)c1C(C)=O. The molecule has 0 atom stereocenters. The van der Waals surface area contributed by atoms with Gasteiger partial charge in [0.15, 0.2) is 5.78 Å². The first kappa shape index (κ1) is 15.1. The number of Topliss-reactive ketones (excluding diaryl/α,β-unsaturated/α-hetero) is 1. The van der Waals surface area contributed by atoms with Crippen LogP contribution in [0.2, 0.25) is 0 Å². The maximum absolute atomic E-state index is 11.8. The lowest BCUT2D eigenvalue weighted by atomic mass is 10.1. The molecule has 0 heterocycles. The number of benzene rings is 2. The maximum atomic E-state index is 11.8. The minimum Gasteiger partial charge on any atom is -0.496 e. The smallest absolute Gasteiger partial charge is 0.269 e. The number of ketones is 1. The molecule has 2 rings (SSSR count). The summed E-state index contributed by atoms with van der Waals surface area (Å²) in [5.74, 6) is 0.436. The topological polar surface area (TPSA) is 69.4 Å². The summed E-state index contributed by atoms with van der Waals surface area (Å²) in [5, 5.41) is 10.6. The molecule has 2 aromatic carbocycles. The highest BCUT2D eigenvalue weighted by Crippen LogP contribution is 2.35. The van der Waals surface area contributed by atoms with Crippen LogP contribution in [0.3, 0.4) is 0 Å². The van der Waals surface area contributed by atoms with Gasteiger partial charge in [-0.25, -0.2) is 0 Å². The summed E-state index contributed by atoms with van der Waals surface area (Å²) in [5.41, 5.74) is 0.556. The van der Waals surface area contributed by atoms with E-state index >= 15 is 0 Å². The molecule has 0 amide bonds. The van der Waals surface area contributed by atoms with Gasteiger partial charge in [0.2, 0.25) is 0 Å². The molecule has 0 aromatic heterocycles. The first-order chi connectivity index (χ1) is 10.0. The van der Waals surface area contributed by atoms with Gasteiger partial charge >= 0.3 is 0 Å². The van der Waals surface area contributed by atoms with Crippen molar-refractivity contribution in [1.29, 1.82) is 0 Å². The van der Waals surface area contributed by atoms with Crippen molar-refractivity contribution in [1.82, 2.24) is 0 Å². The number of ether oxygens (including phenoxy) is 1. The molecule has 0 aliphatic rings. The summed E-state index contributed by atoms with van der Waals surface area (Å²) in [6.45, 7) is 1.48. The molecule has 0 aliphatic carbocycles. The molecule has 0 unspecified atom stereocenters. The standard InChI is InChI=1S/C15H13NO4S/c1-10(17)15-13(20-2)4-3-5-14(15)21-12-8-6-11(7-9-12)16(18)19/h3-9H,1-2H3. The summed E-state index contributed by atoms with van der Waals surface area (Å²) in [6.07, 6.45) is 0. The van der Waals surface area contributed by atoms with E-state index in [4.69, 9.17) is 4.74 Å². The Morgan fingerprint density at radius 3 is 2.38 bits per heavy atom. The minimum atomic E-state index is -0.443. The van der Waals surface area contributed by atoms with Crippen LogP contribution in [0.25, 0.3) is 0 Å². The molecule has 0 saturated heterocycles. The Labute approximate surface area is 126 Å². The van der Waals surface area contributed by atoms with E-state index in [2.05, 4.69) is 0 Å². The number of nitro groups is 1. The van der Waals surface area contributed by atoms with Gasteiger partial charge in [-0.3, -0.25) is 14.9 Å². The average Bonchev–Trinajstić information content (AvgIpc) is 2.47. The Bertz CT molecular complexity index is 683. The number of hydrogen-bond acceptors (Lipinski definition) is 5. The third kappa shape index (κ3) is 3.41. The van der Waals surface area contributed by atoms with Crippen molar-refractivity contribution >= 4 is 23.2 Å². The number of carbonyl (C=O) groups excluding carboxylic acids is 1. The van der Waals surface area contributed by atoms with Gasteiger partial charge in [0.25, 0.3) is 5.69 Å². The lowest BCUT2D eigenvalue weighted by Crippen LogP contribution is -1.99. The molecule has 0 saturated carbocycles. The van der Waals surface area contributed by atoms with Crippen LogP contribution in [0, 0.1) is 10.1 Å². The molecule has 0 radical (unpaired) electrons. The van der Waals surface area contributed by atoms with Crippen LogP contribution in [-0.2, 0) is 0 Å². The summed E-state index contributed by atoms with van der Waals surface area (Å²) < 4.78 is 5.21. The zero-order chi connectivity index (χ0) is 15.4. The third-order valence-corrected chi connectivity index (χ3v) is 3.90. The lowest BCUT2D eigenvalue weighted by molar-refractivity contribution is -0.384. The Hall–Kier alpha value is -2.34. The molecule has 6 heteroatoms. The number of methoxy groups -OCH3 is 1. The van der Waals surface area contributed by atoms with E-state index in [0.29, 0.717) is 11.3 Å². The quantitative estimate of drug-likeness (QED) is 0.475. The Morgan fingerprint density at radius 2 is 1.86 bits per heavy atom. The van der Waals surface area contributed by atoms with Crippen LogP contribution in [0.15, 0.2) is 52.3 Å². The van der Waals surface area contributed by atoms with E-state index in [1.165, 1.54) is 37.9 Å². The highest BCUT2D eigenvalue weighted by atomic mass is 32.2. The van der Waals surface area contributed by atoms with Crippen LogP contribution in [0.1, 0.15) is 17.3 Å². The summed E-state index contributed by atoms with van der Waals surface area (Å²) in [7, 11) is 1.52. The first-order valence-electron chi connectivity index (χ1n) is 6.13. The Morgan fingerprint density at radius 1 is 1.19 bits per heavy atom. The number of nitrogens with zero attached hydrogens (tertiary/aromatic N) is 1. The molecule has 5 nitrogen and oxygen atoms in total. The van der Waals surface area contributed by atoms with Crippen molar-refractivity contribution in [3.8, 4) is 5.75 Å². The molecule has 0 bridgehead atoms. The molecule has 21 heavy (non-hydrogen) atoms. The number of non-ortho nitro benzene ring substituents is 1. The second-order valence-electron chi connectivity index (χ2n) is 4.24.